The van der Waals surface area contributed by atoms with E-state index in [1.165, 1.54) is 0 Å². The normalized spacial score (nSPS) is 23.4. The van der Waals surface area contributed by atoms with Gasteiger partial charge in [-0.25, -0.2) is 0 Å². The monoisotopic (exact) mass is 342 g/mol. The predicted octanol–water partition coefficient (Wildman–Crippen LogP) is 2.36. The molecule has 0 radical (unpaired) electrons. The number of nitrogens with zero attached hydrogens (tertiary/aromatic N) is 1. The first-order chi connectivity index (χ1) is 12.0. The molecule has 3 rings (SSSR count). The Labute approximate surface area is 146 Å². The molecule has 0 spiro atoms. The third-order valence-corrected chi connectivity index (χ3v) is 4.74. The SMILES string of the molecule is CCOc1ccc(NC(=O)[C@H](C)N2C(=O)[C@H]3CC=CC[C@H]3C2=O)cc1. The lowest BCUT2D eigenvalue weighted by Gasteiger charge is -2.22. The molecule has 1 heterocycles. The average molecular weight is 342 g/mol. The standard InChI is InChI=1S/C19H22N2O4/c1-3-25-14-10-8-13(9-11-14)20-17(22)12(2)21-18(23)15-6-4-5-7-16(15)19(21)24/h4-5,8-12,15-16H,3,6-7H2,1-2H3,(H,20,22)/t12-,15-,16+/m0/s1. The molecule has 0 unspecified atom stereocenters. The van der Waals surface area contributed by atoms with Gasteiger partial charge < -0.3 is 10.1 Å². The van der Waals surface area contributed by atoms with Crippen molar-refractivity contribution in [2.45, 2.75) is 32.7 Å². The van der Waals surface area contributed by atoms with Gasteiger partial charge in [-0.2, -0.15) is 0 Å². The van der Waals surface area contributed by atoms with Crippen LogP contribution in [-0.2, 0) is 14.4 Å². The summed E-state index contributed by atoms with van der Waals surface area (Å²) < 4.78 is 5.36. The molecule has 0 aromatic heterocycles. The van der Waals surface area contributed by atoms with Gasteiger partial charge in [0.2, 0.25) is 17.7 Å². The number of fused-ring (bicyclic) bond motifs is 1. The minimum atomic E-state index is -0.836. The van der Waals surface area contributed by atoms with Gasteiger partial charge in [-0.3, -0.25) is 19.3 Å². The molecule has 1 aromatic carbocycles. The number of carbonyl (C=O) groups is 3. The largest absolute Gasteiger partial charge is 0.494 e. The molecule has 0 bridgehead atoms. The summed E-state index contributed by atoms with van der Waals surface area (Å²) in [7, 11) is 0. The van der Waals surface area contributed by atoms with Crippen molar-refractivity contribution in [3.05, 3.63) is 36.4 Å². The first-order valence-corrected chi connectivity index (χ1v) is 8.58. The van der Waals surface area contributed by atoms with Crippen molar-refractivity contribution in [3.63, 3.8) is 0 Å². The highest BCUT2D eigenvalue weighted by molar-refractivity contribution is 6.10. The number of carbonyl (C=O) groups excluding carboxylic acids is 3. The molecule has 1 aliphatic heterocycles. The number of anilines is 1. The molecule has 0 saturated carbocycles. The highest BCUT2D eigenvalue weighted by Gasteiger charge is 2.50. The van der Waals surface area contributed by atoms with Crippen LogP contribution in [0.5, 0.6) is 5.75 Å². The first-order valence-electron chi connectivity index (χ1n) is 8.58. The molecule has 6 nitrogen and oxygen atoms in total. The Morgan fingerprint density at radius 3 is 2.24 bits per heavy atom. The Bertz CT molecular complexity index is 685. The second kappa shape index (κ2) is 7.09. The van der Waals surface area contributed by atoms with Gasteiger partial charge in [-0.1, -0.05) is 12.2 Å². The summed E-state index contributed by atoms with van der Waals surface area (Å²) in [5, 5.41) is 2.75. The van der Waals surface area contributed by atoms with E-state index in [1.54, 1.807) is 31.2 Å². The van der Waals surface area contributed by atoms with E-state index >= 15 is 0 Å². The minimum Gasteiger partial charge on any atom is -0.494 e. The molecule has 6 heteroatoms. The zero-order chi connectivity index (χ0) is 18.0. The van der Waals surface area contributed by atoms with E-state index in [-0.39, 0.29) is 29.6 Å². The summed E-state index contributed by atoms with van der Waals surface area (Å²) in [5.41, 5.74) is 0.596. The molecule has 25 heavy (non-hydrogen) atoms. The molecule has 2 aliphatic rings. The van der Waals surface area contributed by atoms with Crippen molar-refractivity contribution in [3.8, 4) is 5.75 Å². The molecular formula is C19H22N2O4. The molecule has 1 N–H and O–H groups in total. The van der Waals surface area contributed by atoms with E-state index in [4.69, 9.17) is 4.74 Å². The highest BCUT2D eigenvalue weighted by atomic mass is 16.5. The fourth-order valence-electron chi connectivity index (χ4n) is 3.37. The van der Waals surface area contributed by atoms with E-state index < -0.39 is 6.04 Å². The number of hydrogen-bond acceptors (Lipinski definition) is 4. The lowest BCUT2D eigenvalue weighted by molar-refractivity contribution is -0.146. The molecular weight excluding hydrogens is 320 g/mol. The Hall–Kier alpha value is -2.63. The highest BCUT2D eigenvalue weighted by Crippen LogP contribution is 2.36. The van der Waals surface area contributed by atoms with Crippen LogP contribution in [0.15, 0.2) is 36.4 Å². The number of ether oxygens (including phenoxy) is 1. The Morgan fingerprint density at radius 1 is 1.16 bits per heavy atom. The number of amides is 3. The van der Waals surface area contributed by atoms with Gasteiger partial charge >= 0.3 is 0 Å². The van der Waals surface area contributed by atoms with Crippen molar-refractivity contribution >= 4 is 23.4 Å². The summed E-state index contributed by atoms with van der Waals surface area (Å²) in [6, 6.07) is 6.14. The maximum absolute atomic E-state index is 12.5. The van der Waals surface area contributed by atoms with Gasteiger partial charge in [0.1, 0.15) is 11.8 Å². The Balaban J connectivity index is 1.68. The number of likely N-dealkylation sites (tertiary alicyclic amines) is 1. The maximum Gasteiger partial charge on any atom is 0.247 e. The van der Waals surface area contributed by atoms with Gasteiger partial charge in [-0.15, -0.1) is 0 Å². The summed E-state index contributed by atoms with van der Waals surface area (Å²) in [4.78, 5) is 38.7. The number of rotatable bonds is 5. The summed E-state index contributed by atoms with van der Waals surface area (Å²) in [5.74, 6) is -0.786. The van der Waals surface area contributed by atoms with E-state index in [2.05, 4.69) is 5.32 Å². The predicted molar refractivity (Wildman–Crippen MR) is 92.9 cm³/mol. The van der Waals surface area contributed by atoms with Crippen LogP contribution in [0, 0.1) is 11.8 Å². The smallest absolute Gasteiger partial charge is 0.247 e. The third kappa shape index (κ3) is 3.29. The third-order valence-electron chi connectivity index (χ3n) is 4.74. The van der Waals surface area contributed by atoms with Crippen molar-refractivity contribution in [1.82, 2.24) is 4.90 Å². The zero-order valence-electron chi connectivity index (χ0n) is 14.4. The van der Waals surface area contributed by atoms with E-state index in [0.29, 0.717) is 25.1 Å². The molecule has 1 aromatic rings. The lowest BCUT2D eigenvalue weighted by Crippen LogP contribution is -2.46. The summed E-state index contributed by atoms with van der Waals surface area (Å²) in [6.07, 6.45) is 5.00. The van der Waals surface area contributed by atoms with E-state index in [9.17, 15) is 14.4 Å². The van der Waals surface area contributed by atoms with Gasteiger partial charge in [-0.05, 0) is 51.0 Å². The van der Waals surface area contributed by atoms with Crippen LogP contribution in [0.2, 0.25) is 0 Å². The van der Waals surface area contributed by atoms with Crippen molar-refractivity contribution in [2.75, 3.05) is 11.9 Å². The molecule has 1 aliphatic carbocycles. The maximum atomic E-state index is 12.5. The van der Waals surface area contributed by atoms with Gasteiger partial charge in [0.25, 0.3) is 0 Å². The number of nitrogens with one attached hydrogen (secondary N) is 1. The molecule has 1 fully saturated rings. The van der Waals surface area contributed by atoms with Crippen LogP contribution in [0.4, 0.5) is 5.69 Å². The minimum absolute atomic E-state index is 0.242. The topological polar surface area (TPSA) is 75.7 Å². The van der Waals surface area contributed by atoms with Gasteiger partial charge in [0.15, 0.2) is 0 Å². The quantitative estimate of drug-likeness (QED) is 0.658. The van der Waals surface area contributed by atoms with Gasteiger partial charge in [0, 0.05) is 5.69 Å². The number of hydrogen-bond donors (Lipinski definition) is 1. The van der Waals surface area contributed by atoms with Crippen LogP contribution >= 0.6 is 0 Å². The molecule has 3 amide bonds. The van der Waals surface area contributed by atoms with Crippen LogP contribution in [0.3, 0.4) is 0 Å². The Kier molecular flexibility index (Phi) is 4.88. The van der Waals surface area contributed by atoms with E-state index in [1.807, 2.05) is 19.1 Å². The van der Waals surface area contributed by atoms with Crippen LogP contribution in [-0.4, -0.2) is 35.3 Å². The molecule has 1 saturated heterocycles. The van der Waals surface area contributed by atoms with E-state index in [0.717, 1.165) is 10.6 Å². The Morgan fingerprint density at radius 2 is 1.72 bits per heavy atom. The second-order valence-corrected chi connectivity index (χ2v) is 6.32. The van der Waals surface area contributed by atoms with Gasteiger partial charge in [0.05, 0.1) is 18.4 Å². The van der Waals surface area contributed by atoms with Crippen molar-refractivity contribution in [1.29, 1.82) is 0 Å². The van der Waals surface area contributed by atoms with Crippen molar-refractivity contribution in [2.24, 2.45) is 11.8 Å². The fraction of sp³-hybridized carbons (Fsp3) is 0.421. The van der Waals surface area contributed by atoms with Crippen LogP contribution in [0.25, 0.3) is 0 Å². The summed E-state index contributed by atoms with van der Waals surface area (Å²) in [6.45, 7) is 4.05. The lowest BCUT2D eigenvalue weighted by atomic mass is 9.85. The molecule has 3 atom stereocenters. The summed E-state index contributed by atoms with van der Waals surface area (Å²) >= 11 is 0. The molecule has 132 valence electrons. The van der Waals surface area contributed by atoms with Crippen LogP contribution < -0.4 is 10.1 Å². The fourth-order valence-corrected chi connectivity index (χ4v) is 3.37. The average Bonchev–Trinajstić information content (AvgIpc) is 2.87. The number of benzene rings is 1. The number of imide groups is 1. The van der Waals surface area contributed by atoms with Crippen LogP contribution in [0.1, 0.15) is 26.7 Å². The zero-order valence-corrected chi connectivity index (χ0v) is 14.4. The first kappa shape index (κ1) is 17.2. The number of allylic oxidation sites excluding steroid dienone is 2. The van der Waals surface area contributed by atoms with Crippen molar-refractivity contribution < 1.29 is 19.1 Å². The second-order valence-electron chi connectivity index (χ2n) is 6.32.